The maximum absolute atomic E-state index is 13.2. The Kier molecular flexibility index (Phi) is 5.41. The van der Waals surface area contributed by atoms with E-state index in [9.17, 15) is 9.50 Å². The number of halogens is 1. The Hall–Kier alpha value is -3.95. The van der Waals surface area contributed by atoms with Gasteiger partial charge < -0.3 is 10.8 Å². The first kappa shape index (κ1) is 20.9. The van der Waals surface area contributed by atoms with Crippen LogP contribution in [0.5, 0.6) is 0 Å². The van der Waals surface area contributed by atoms with E-state index in [0.29, 0.717) is 11.5 Å². The van der Waals surface area contributed by atoms with Gasteiger partial charge in [-0.1, -0.05) is 12.1 Å². The van der Waals surface area contributed by atoms with Gasteiger partial charge in [-0.3, -0.25) is 4.98 Å². The molecule has 0 saturated carbocycles. The number of rotatable bonds is 6. The fraction of sp³-hybridized carbons (Fsp3) is 0.167. The maximum Gasteiger partial charge on any atom is 0.181 e. The second-order valence-corrected chi connectivity index (χ2v) is 7.78. The van der Waals surface area contributed by atoms with Gasteiger partial charge in [-0.15, -0.1) is 0 Å². The Morgan fingerprint density at radius 3 is 2.64 bits per heavy atom. The van der Waals surface area contributed by atoms with Crippen molar-refractivity contribution in [1.29, 1.82) is 0 Å². The molecule has 5 rings (SSSR count). The summed E-state index contributed by atoms with van der Waals surface area (Å²) < 4.78 is 16.1. The van der Waals surface area contributed by atoms with Crippen LogP contribution in [0.4, 0.5) is 4.39 Å². The number of pyridine rings is 2. The molecule has 0 fully saturated rings. The number of alkyl halides is 1. The number of nitrogens with two attached hydrogens (primary N) is 1. The van der Waals surface area contributed by atoms with Crippen LogP contribution in [-0.4, -0.2) is 34.6 Å². The van der Waals surface area contributed by atoms with Gasteiger partial charge in [0.05, 0.1) is 41.6 Å². The lowest BCUT2D eigenvalue weighted by atomic mass is 9.99. The van der Waals surface area contributed by atoms with E-state index in [1.165, 1.54) is 4.68 Å². The number of aliphatic hydroxyl groups is 1. The van der Waals surface area contributed by atoms with Crippen LogP contribution in [0.15, 0.2) is 67.1 Å². The standard InChI is InChI=1S/C24H22FN7O/c1-15(26)21-5-3-6-22(30-21)16-8-19(17-10-27-31(12-17)14-25)20-11-28-32(23(20)9-16)24-7-2-4-18(13-33)29-24/h2-12,15,33H,13-14,26H2,1H3/t15-/m0/s1. The summed E-state index contributed by atoms with van der Waals surface area (Å²) in [5, 5.41) is 19.0. The van der Waals surface area contributed by atoms with Crippen molar-refractivity contribution < 1.29 is 9.50 Å². The molecule has 0 saturated heterocycles. The molecular weight excluding hydrogens is 421 g/mol. The molecule has 33 heavy (non-hydrogen) atoms. The summed E-state index contributed by atoms with van der Waals surface area (Å²) in [5.74, 6) is 0.580. The third kappa shape index (κ3) is 3.88. The van der Waals surface area contributed by atoms with Gasteiger partial charge in [0.2, 0.25) is 0 Å². The lowest BCUT2D eigenvalue weighted by molar-refractivity contribution is 0.276. The van der Waals surface area contributed by atoms with Crippen LogP contribution in [0.2, 0.25) is 0 Å². The van der Waals surface area contributed by atoms with Gasteiger partial charge in [-0.2, -0.15) is 10.2 Å². The summed E-state index contributed by atoms with van der Waals surface area (Å²) in [6.45, 7) is 1.01. The molecule has 0 radical (unpaired) electrons. The molecule has 0 amide bonds. The topological polar surface area (TPSA) is 108 Å². The van der Waals surface area contributed by atoms with E-state index in [1.807, 2.05) is 49.4 Å². The predicted octanol–water partition coefficient (Wildman–Crippen LogP) is 3.79. The number of hydrogen-bond donors (Lipinski definition) is 2. The second kappa shape index (κ2) is 8.53. The highest BCUT2D eigenvalue weighted by Crippen LogP contribution is 2.34. The molecular formula is C24H22FN7O. The first-order valence-corrected chi connectivity index (χ1v) is 10.5. The summed E-state index contributed by atoms with van der Waals surface area (Å²) in [6, 6.07) is 14.9. The van der Waals surface area contributed by atoms with Crippen molar-refractivity contribution in [2.45, 2.75) is 26.4 Å². The van der Waals surface area contributed by atoms with Crippen LogP contribution in [-0.2, 0) is 13.4 Å². The van der Waals surface area contributed by atoms with Crippen molar-refractivity contribution in [3.05, 3.63) is 78.5 Å². The van der Waals surface area contributed by atoms with Crippen molar-refractivity contribution in [3.8, 4) is 28.2 Å². The van der Waals surface area contributed by atoms with Crippen LogP contribution in [0.1, 0.15) is 24.4 Å². The molecule has 5 aromatic rings. The zero-order valence-corrected chi connectivity index (χ0v) is 17.9. The zero-order chi connectivity index (χ0) is 22.9. The zero-order valence-electron chi connectivity index (χ0n) is 17.9. The summed E-state index contributed by atoms with van der Waals surface area (Å²) in [5.41, 5.74) is 11.4. The van der Waals surface area contributed by atoms with Crippen molar-refractivity contribution in [3.63, 3.8) is 0 Å². The van der Waals surface area contributed by atoms with E-state index >= 15 is 0 Å². The van der Waals surface area contributed by atoms with Gasteiger partial charge >= 0.3 is 0 Å². The SMILES string of the molecule is C[C@H](N)c1cccc(-c2cc(-c3cnn(CF)c3)c3cnn(-c4cccc(CO)n4)c3c2)n1. The van der Waals surface area contributed by atoms with Gasteiger partial charge in [0.25, 0.3) is 0 Å². The molecule has 0 aliphatic rings. The van der Waals surface area contributed by atoms with Crippen molar-refractivity contribution in [1.82, 2.24) is 29.5 Å². The molecule has 166 valence electrons. The Morgan fingerprint density at radius 2 is 1.88 bits per heavy atom. The number of aliphatic hydroxyl groups excluding tert-OH is 1. The number of aromatic nitrogens is 6. The minimum absolute atomic E-state index is 0.167. The van der Waals surface area contributed by atoms with Gasteiger partial charge in [-0.25, -0.2) is 18.7 Å². The fourth-order valence-corrected chi connectivity index (χ4v) is 3.80. The summed E-state index contributed by atoms with van der Waals surface area (Å²) in [7, 11) is 0. The molecule has 0 aliphatic carbocycles. The molecule has 3 N–H and O–H groups in total. The highest BCUT2D eigenvalue weighted by atomic mass is 19.1. The molecule has 9 heteroatoms. The first-order chi connectivity index (χ1) is 16.1. The van der Waals surface area contributed by atoms with Crippen molar-refractivity contribution in [2.75, 3.05) is 0 Å². The minimum atomic E-state index is -0.710. The second-order valence-electron chi connectivity index (χ2n) is 7.78. The highest BCUT2D eigenvalue weighted by molar-refractivity contribution is 5.98. The van der Waals surface area contributed by atoms with Gasteiger partial charge in [0.1, 0.15) is 0 Å². The maximum atomic E-state index is 13.2. The van der Waals surface area contributed by atoms with Crippen LogP contribution in [0.25, 0.3) is 39.1 Å². The van der Waals surface area contributed by atoms with E-state index in [1.54, 1.807) is 29.3 Å². The summed E-state index contributed by atoms with van der Waals surface area (Å²) in [4.78, 5) is 9.23. The van der Waals surface area contributed by atoms with E-state index < -0.39 is 6.80 Å². The molecule has 4 aromatic heterocycles. The number of benzene rings is 1. The van der Waals surface area contributed by atoms with Crippen molar-refractivity contribution >= 4 is 10.9 Å². The fourth-order valence-electron chi connectivity index (χ4n) is 3.80. The van der Waals surface area contributed by atoms with Crippen molar-refractivity contribution in [2.24, 2.45) is 5.73 Å². The van der Waals surface area contributed by atoms with E-state index in [0.717, 1.165) is 39.0 Å². The predicted molar refractivity (Wildman–Crippen MR) is 123 cm³/mol. The average Bonchev–Trinajstić information content (AvgIpc) is 3.51. The summed E-state index contributed by atoms with van der Waals surface area (Å²) in [6.07, 6.45) is 5.04. The largest absolute Gasteiger partial charge is 0.390 e. The van der Waals surface area contributed by atoms with Gasteiger partial charge in [-0.05, 0) is 48.9 Å². The molecule has 0 bridgehead atoms. The number of fused-ring (bicyclic) bond motifs is 1. The normalized spacial score (nSPS) is 12.4. The van der Waals surface area contributed by atoms with Gasteiger partial charge in [0, 0.05) is 28.8 Å². The monoisotopic (exact) mass is 443 g/mol. The molecule has 0 aliphatic heterocycles. The molecule has 0 spiro atoms. The molecule has 0 unspecified atom stereocenters. The third-order valence-electron chi connectivity index (χ3n) is 5.46. The summed E-state index contributed by atoms with van der Waals surface area (Å²) >= 11 is 0. The highest BCUT2D eigenvalue weighted by Gasteiger charge is 2.16. The Bertz CT molecular complexity index is 1440. The van der Waals surface area contributed by atoms with Crippen LogP contribution in [0, 0.1) is 0 Å². The smallest absolute Gasteiger partial charge is 0.181 e. The Morgan fingerprint density at radius 1 is 1.03 bits per heavy atom. The lowest BCUT2D eigenvalue weighted by Crippen LogP contribution is -2.07. The lowest BCUT2D eigenvalue weighted by Gasteiger charge is -2.11. The first-order valence-electron chi connectivity index (χ1n) is 10.5. The quantitative estimate of drug-likeness (QED) is 0.413. The third-order valence-corrected chi connectivity index (χ3v) is 5.46. The molecule has 8 nitrogen and oxygen atoms in total. The van der Waals surface area contributed by atoms with Crippen LogP contribution >= 0.6 is 0 Å². The van der Waals surface area contributed by atoms with Crippen LogP contribution in [0.3, 0.4) is 0 Å². The van der Waals surface area contributed by atoms with Gasteiger partial charge in [0.15, 0.2) is 12.6 Å². The Labute approximate surface area is 189 Å². The minimum Gasteiger partial charge on any atom is -0.390 e. The molecule has 1 atom stereocenters. The molecule has 1 aromatic carbocycles. The average molecular weight is 443 g/mol. The van der Waals surface area contributed by atoms with E-state index in [-0.39, 0.29) is 12.6 Å². The Balaban J connectivity index is 1.76. The number of nitrogens with zero attached hydrogens (tertiary/aromatic N) is 6. The molecule has 4 heterocycles. The van der Waals surface area contributed by atoms with E-state index in [2.05, 4.69) is 15.2 Å². The van der Waals surface area contributed by atoms with Crippen LogP contribution < -0.4 is 5.73 Å². The van der Waals surface area contributed by atoms with E-state index in [4.69, 9.17) is 10.7 Å². The number of hydrogen-bond acceptors (Lipinski definition) is 6.